The fourth-order valence-corrected chi connectivity index (χ4v) is 2.95. The molecule has 1 aliphatic heterocycles. The van der Waals surface area contributed by atoms with Crippen LogP contribution in [0.2, 0.25) is 0 Å². The lowest BCUT2D eigenvalue weighted by molar-refractivity contribution is -0.120. The summed E-state index contributed by atoms with van der Waals surface area (Å²) < 4.78 is 59.9. The Morgan fingerprint density at radius 1 is 1.40 bits per heavy atom. The molecule has 0 saturated carbocycles. The zero-order chi connectivity index (χ0) is 15.6. The maximum absolute atomic E-state index is 12.4. The highest BCUT2D eigenvalue weighted by Gasteiger charge is 2.50. The minimum Gasteiger partial charge on any atom is -0.355 e. The number of carbonyl (C=O) groups is 1. The molecule has 0 aromatic heterocycles. The molecule has 1 atom stereocenters. The summed E-state index contributed by atoms with van der Waals surface area (Å²) in [6.45, 7) is 1.41. The molecule has 1 amide bonds. The van der Waals surface area contributed by atoms with Crippen LogP contribution in [-0.2, 0) is 14.8 Å². The molecule has 1 unspecified atom stereocenters. The molecule has 0 radical (unpaired) electrons. The van der Waals surface area contributed by atoms with E-state index in [9.17, 15) is 26.4 Å². The van der Waals surface area contributed by atoms with Crippen molar-refractivity contribution in [3.05, 3.63) is 0 Å². The average molecular weight is 337 g/mol. The quantitative estimate of drug-likeness (QED) is 0.787. The molecule has 1 aliphatic rings. The Labute approximate surface area is 120 Å². The highest BCUT2D eigenvalue weighted by Crippen LogP contribution is 2.30. The van der Waals surface area contributed by atoms with Gasteiger partial charge >= 0.3 is 15.5 Å². The lowest BCUT2D eigenvalue weighted by Crippen LogP contribution is -2.46. The highest BCUT2D eigenvalue weighted by atomic mass is 35.5. The van der Waals surface area contributed by atoms with E-state index >= 15 is 0 Å². The second kappa shape index (κ2) is 6.48. The van der Waals surface area contributed by atoms with Crippen molar-refractivity contribution in [1.82, 2.24) is 9.62 Å². The van der Waals surface area contributed by atoms with E-state index in [1.54, 1.807) is 0 Å². The summed E-state index contributed by atoms with van der Waals surface area (Å²) in [6.07, 6.45) is 0.540. The molecule has 1 rings (SSSR count). The van der Waals surface area contributed by atoms with Gasteiger partial charge in [0.2, 0.25) is 5.91 Å². The Hall–Kier alpha value is -0.540. The van der Waals surface area contributed by atoms with E-state index in [2.05, 4.69) is 5.32 Å². The summed E-state index contributed by atoms with van der Waals surface area (Å²) in [5.41, 5.74) is -5.26. The molecular formula is C10H16ClF3N2O3S. The molecule has 1 fully saturated rings. The van der Waals surface area contributed by atoms with Crippen molar-refractivity contribution in [3.8, 4) is 0 Å². The van der Waals surface area contributed by atoms with Crippen LogP contribution in [0, 0.1) is 5.92 Å². The standard InChI is InChI=1S/C10H16ClF3N2O3S/c1-7(11)9(17)15-6-8-2-4-16(5-3-8)20(18,19)10(12,13)14/h7-8H,2-6H2,1H3,(H,15,17). The van der Waals surface area contributed by atoms with Crippen LogP contribution in [-0.4, -0.2) is 49.1 Å². The zero-order valence-electron chi connectivity index (χ0n) is 10.8. The van der Waals surface area contributed by atoms with Crippen molar-refractivity contribution in [2.75, 3.05) is 19.6 Å². The first-order valence-electron chi connectivity index (χ1n) is 6.04. The van der Waals surface area contributed by atoms with Gasteiger partial charge in [0, 0.05) is 19.6 Å². The third-order valence-electron chi connectivity index (χ3n) is 3.13. The molecule has 10 heteroatoms. The molecule has 1 saturated heterocycles. The molecule has 1 heterocycles. The molecule has 0 spiro atoms. The molecule has 0 aliphatic carbocycles. The Bertz CT molecular complexity index is 445. The van der Waals surface area contributed by atoms with Crippen LogP contribution in [0.25, 0.3) is 0 Å². The number of nitrogens with zero attached hydrogens (tertiary/aromatic N) is 1. The van der Waals surface area contributed by atoms with Crippen molar-refractivity contribution in [3.63, 3.8) is 0 Å². The van der Waals surface area contributed by atoms with Crippen LogP contribution < -0.4 is 5.32 Å². The van der Waals surface area contributed by atoms with Crippen LogP contribution in [0.15, 0.2) is 0 Å². The second-order valence-electron chi connectivity index (χ2n) is 4.65. The first-order valence-corrected chi connectivity index (χ1v) is 7.91. The summed E-state index contributed by atoms with van der Waals surface area (Å²) in [4.78, 5) is 11.2. The fraction of sp³-hybridized carbons (Fsp3) is 0.900. The maximum Gasteiger partial charge on any atom is 0.511 e. The van der Waals surface area contributed by atoms with Crippen molar-refractivity contribution < 1.29 is 26.4 Å². The van der Waals surface area contributed by atoms with E-state index in [1.807, 2.05) is 0 Å². The van der Waals surface area contributed by atoms with Gasteiger partial charge in [0.25, 0.3) is 0 Å². The van der Waals surface area contributed by atoms with Crippen molar-refractivity contribution >= 4 is 27.5 Å². The molecule has 20 heavy (non-hydrogen) atoms. The number of nitrogens with one attached hydrogen (secondary N) is 1. The summed E-state index contributed by atoms with van der Waals surface area (Å²) in [5.74, 6) is -0.397. The van der Waals surface area contributed by atoms with Gasteiger partial charge in [-0.3, -0.25) is 4.79 Å². The number of alkyl halides is 4. The van der Waals surface area contributed by atoms with E-state index in [4.69, 9.17) is 11.6 Å². The van der Waals surface area contributed by atoms with Crippen LogP contribution in [0.1, 0.15) is 19.8 Å². The Morgan fingerprint density at radius 2 is 1.90 bits per heavy atom. The number of sulfonamides is 1. The summed E-state index contributed by atoms with van der Waals surface area (Å²) in [5, 5.41) is 1.89. The number of carbonyl (C=O) groups excluding carboxylic acids is 1. The Morgan fingerprint density at radius 3 is 2.30 bits per heavy atom. The number of amides is 1. The van der Waals surface area contributed by atoms with Gasteiger partial charge in [0.1, 0.15) is 5.38 Å². The number of halogens is 4. The highest BCUT2D eigenvalue weighted by molar-refractivity contribution is 7.90. The van der Waals surface area contributed by atoms with Crippen LogP contribution >= 0.6 is 11.6 Å². The van der Waals surface area contributed by atoms with Crippen molar-refractivity contribution in [2.24, 2.45) is 5.92 Å². The van der Waals surface area contributed by atoms with E-state index in [0.717, 1.165) is 0 Å². The van der Waals surface area contributed by atoms with Gasteiger partial charge in [-0.1, -0.05) is 0 Å². The summed E-state index contributed by atoms with van der Waals surface area (Å²) in [6, 6.07) is 0. The molecule has 5 nitrogen and oxygen atoms in total. The predicted molar refractivity (Wildman–Crippen MR) is 67.6 cm³/mol. The van der Waals surface area contributed by atoms with Gasteiger partial charge in [0.05, 0.1) is 0 Å². The fourth-order valence-electron chi connectivity index (χ4n) is 1.89. The largest absolute Gasteiger partial charge is 0.511 e. The van der Waals surface area contributed by atoms with Crippen molar-refractivity contribution in [1.29, 1.82) is 0 Å². The number of hydrogen-bond acceptors (Lipinski definition) is 3. The van der Waals surface area contributed by atoms with Crippen LogP contribution in [0.3, 0.4) is 0 Å². The third-order valence-corrected chi connectivity index (χ3v) is 4.96. The maximum atomic E-state index is 12.4. The summed E-state index contributed by atoms with van der Waals surface area (Å²) >= 11 is 5.55. The lowest BCUT2D eigenvalue weighted by Gasteiger charge is -2.31. The molecular weight excluding hydrogens is 321 g/mol. The van der Waals surface area contributed by atoms with E-state index in [0.29, 0.717) is 4.31 Å². The monoisotopic (exact) mass is 336 g/mol. The number of piperidine rings is 1. The van der Waals surface area contributed by atoms with E-state index < -0.39 is 20.9 Å². The van der Waals surface area contributed by atoms with E-state index in [-0.39, 0.29) is 44.3 Å². The third kappa shape index (κ3) is 4.23. The van der Waals surface area contributed by atoms with Gasteiger partial charge in [-0.05, 0) is 25.7 Å². The molecule has 0 aromatic carbocycles. The van der Waals surface area contributed by atoms with Crippen LogP contribution in [0.5, 0.6) is 0 Å². The lowest BCUT2D eigenvalue weighted by atomic mass is 9.98. The molecule has 0 aromatic rings. The van der Waals surface area contributed by atoms with Crippen LogP contribution in [0.4, 0.5) is 13.2 Å². The van der Waals surface area contributed by atoms with Gasteiger partial charge in [-0.2, -0.15) is 17.5 Å². The zero-order valence-corrected chi connectivity index (χ0v) is 12.4. The van der Waals surface area contributed by atoms with Gasteiger partial charge in [-0.25, -0.2) is 8.42 Å². The number of rotatable bonds is 4. The second-order valence-corrected chi connectivity index (χ2v) is 7.24. The average Bonchev–Trinajstić information content (AvgIpc) is 2.34. The molecule has 1 N–H and O–H groups in total. The normalized spacial score (nSPS) is 20.6. The molecule has 118 valence electrons. The SMILES string of the molecule is CC(Cl)C(=O)NCC1CCN(S(=O)(=O)C(F)(F)F)CC1. The van der Waals surface area contributed by atoms with Gasteiger partial charge < -0.3 is 5.32 Å². The first-order chi connectivity index (χ1) is 9.05. The predicted octanol–water partition coefficient (Wildman–Crippen LogP) is 1.29. The topological polar surface area (TPSA) is 66.5 Å². The smallest absolute Gasteiger partial charge is 0.355 e. The minimum atomic E-state index is -5.26. The Kier molecular flexibility index (Phi) is 5.68. The van der Waals surface area contributed by atoms with Gasteiger partial charge in [-0.15, -0.1) is 11.6 Å². The number of hydrogen-bond donors (Lipinski definition) is 1. The first kappa shape index (κ1) is 17.5. The summed E-state index contributed by atoms with van der Waals surface area (Å²) in [7, 11) is -5.24. The molecule has 0 bridgehead atoms. The Balaban J connectivity index is 2.47. The van der Waals surface area contributed by atoms with E-state index in [1.165, 1.54) is 6.92 Å². The van der Waals surface area contributed by atoms with Crippen molar-refractivity contribution in [2.45, 2.75) is 30.7 Å². The van der Waals surface area contributed by atoms with Gasteiger partial charge in [0.15, 0.2) is 0 Å². The minimum absolute atomic E-state index is 0.0472.